The van der Waals surface area contributed by atoms with Crippen LogP contribution in [0.2, 0.25) is 0 Å². The first kappa shape index (κ1) is 12.3. The Kier molecular flexibility index (Phi) is 2.85. The summed E-state index contributed by atoms with van der Waals surface area (Å²) in [4.78, 5) is 17.2. The third-order valence-electron chi connectivity index (χ3n) is 4.02. The van der Waals surface area contributed by atoms with Gasteiger partial charge in [0.2, 0.25) is 0 Å². The average molecular weight is 276 g/mol. The molecule has 1 saturated carbocycles. The van der Waals surface area contributed by atoms with Crippen LogP contribution in [0.1, 0.15) is 34.9 Å². The number of imidazole rings is 1. The zero-order valence-electron chi connectivity index (χ0n) is 11.7. The number of carbonyl (C=O) groups is 1. The SMILES string of the molecule is O=C(Cn1c(C2CC2)nc2ccccc21)c1ccccc1. The maximum Gasteiger partial charge on any atom is 0.182 e. The van der Waals surface area contributed by atoms with Crippen LogP contribution in [0.4, 0.5) is 0 Å². The van der Waals surface area contributed by atoms with E-state index in [0.29, 0.717) is 12.5 Å². The molecule has 2 aromatic carbocycles. The van der Waals surface area contributed by atoms with Crippen LogP contribution < -0.4 is 0 Å². The second kappa shape index (κ2) is 4.85. The minimum Gasteiger partial charge on any atom is -0.320 e. The number of fused-ring (bicyclic) bond motifs is 1. The van der Waals surface area contributed by atoms with Crippen molar-refractivity contribution in [2.75, 3.05) is 0 Å². The Bertz CT molecular complexity index is 800. The lowest BCUT2D eigenvalue weighted by Crippen LogP contribution is -2.12. The van der Waals surface area contributed by atoms with Crippen LogP contribution >= 0.6 is 0 Å². The number of nitrogens with zero attached hydrogens (tertiary/aromatic N) is 2. The van der Waals surface area contributed by atoms with E-state index in [1.165, 1.54) is 12.8 Å². The second-order valence-electron chi connectivity index (χ2n) is 5.61. The van der Waals surface area contributed by atoms with Crippen LogP contribution in [0, 0.1) is 0 Å². The average Bonchev–Trinajstić information content (AvgIpc) is 3.32. The van der Waals surface area contributed by atoms with E-state index >= 15 is 0 Å². The summed E-state index contributed by atoms with van der Waals surface area (Å²) in [7, 11) is 0. The van der Waals surface area contributed by atoms with Crippen molar-refractivity contribution in [1.82, 2.24) is 9.55 Å². The van der Waals surface area contributed by atoms with Crippen molar-refractivity contribution in [3.05, 3.63) is 66.0 Å². The van der Waals surface area contributed by atoms with E-state index in [1.54, 1.807) is 0 Å². The monoisotopic (exact) mass is 276 g/mol. The van der Waals surface area contributed by atoms with Gasteiger partial charge in [0.05, 0.1) is 17.6 Å². The molecule has 0 atom stereocenters. The Morgan fingerprint density at radius 3 is 2.52 bits per heavy atom. The van der Waals surface area contributed by atoms with Crippen LogP contribution in [-0.2, 0) is 6.54 Å². The summed E-state index contributed by atoms with van der Waals surface area (Å²) >= 11 is 0. The van der Waals surface area contributed by atoms with E-state index in [0.717, 1.165) is 22.4 Å². The quantitative estimate of drug-likeness (QED) is 0.679. The number of ketones is 1. The smallest absolute Gasteiger partial charge is 0.182 e. The molecule has 0 radical (unpaired) electrons. The zero-order chi connectivity index (χ0) is 14.2. The first-order valence-corrected chi connectivity index (χ1v) is 7.36. The van der Waals surface area contributed by atoms with Gasteiger partial charge in [-0.1, -0.05) is 42.5 Å². The lowest BCUT2D eigenvalue weighted by atomic mass is 10.1. The van der Waals surface area contributed by atoms with Crippen molar-refractivity contribution >= 4 is 16.8 Å². The van der Waals surface area contributed by atoms with Crippen molar-refractivity contribution in [3.8, 4) is 0 Å². The van der Waals surface area contributed by atoms with E-state index < -0.39 is 0 Å². The molecule has 0 saturated heterocycles. The summed E-state index contributed by atoms with van der Waals surface area (Å²) < 4.78 is 2.10. The summed E-state index contributed by atoms with van der Waals surface area (Å²) in [5.41, 5.74) is 2.81. The number of Topliss-reactive ketones (excluding diaryl/α,β-unsaturated/α-hetero) is 1. The highest BCUT2D eigenvalue weighted by atomic mass is 16.1. The standard InChI is InChI=1S/C18H16N2O/c21-17(13-6-2-1-3-7-13)12-20-16-9-5-4-8-15(16)19-18(20)14-10-11-14/h1-9,14H,10-12H2. The predicted octanol–water partition coefficient (Wildman–Crippen LogP) is 3.80. The van der Waals surface area contributed by atoms with Crippen molar-refractivity contribution in [2.45, 2.75) is 25.3 Å². The van der Waals surface area contributed by atoms with E-state index in [-0.39, 0.29) is 5.78 Å². The van der Waals surface area contributed by atoms with Gasteiger partial charge in [0.25, 0.3) is 0 Å². The molecule has 0 N–H and O–H groups in total. The molecule has 3 aromatic rings. The van der Waals surface area contributed by atoms with Crippen LogP contribution in [0.25, 0.3) is 11.0 Å². The molecule has 1 fully saturated rings. The number of hydrogen-bond acceptors (Lipinski definition) is 2. The van der Waals surface area contributed by atoms with Gasteiger partial charge in [-0.25, -0.2) is 4.98 Å². The van der Waals surface area contributed by atoms with Crippen molar-refractivity contribution in [3.63, 3.8) is 0 Å². The molecule has 104 valence electrons. The third kappa shape index (κ3) is 2.25. The molecule has 1 heterocycles. The third-order valence-corrected chi connectivity index (χ3v) is 4.02. The highest BCUT2D eigenvalue weighted by molar-refractivity contribution is 5.96. The molecular formula is C18H16N2O. The summed E-state index contributed by atoms with van der Waals surface area (Å²) in [5, 5.41) is 0. The molecule has 1 aromatic heterocycles. The second-order valence-corrected chi connectivity index (χ2v) is 5.61. The highest BCUT2D eigenvalue weighted by Crippen LogP contribution is 2.40. The van der Waals surface area contributed by atoms with Gasteiger partial charge in [-0.15, -0.1) is 0 Å². The van der Waals surface area contributed by atoms with E-state index in [2.05, 4.69) is 4.57 Å². The van der Waals surface area contributed by atoms with Crippen LogP contribution in [0.3, 0.4) is 0 Å². The molecule has 4 rings (SSSR count). The number of para-hydroxylation sites is 2. The lowest BCUT2D eigenvalue weighted by molar-refractivity contribution is 0.0972. The maximum atomic E-state index is 12.5. The van der Waals surface area contributed by atoms with Gasteiger partial charge in [0, 0.05) is 11.5 Å². The van der Waals surface area contributed by atoms with E-state index in [1.807, 2.05) is 54.6 Å². The molecule has 0 bridgehead atoms. The fourth-order valence-electron chi connectivity index (χ4n) is 2.77. The van der Waals surface area contributed by atoms with E-state index in [4.69, 9.17) is 4.98 Å². The van der Waals surface area contributed by atoms with Gasteiger partial charge in [0.1, 0.15) is 5.82 Å². The zero-order valence-corrected chi connectivity index (χ0v) is 11.7. The topological polar surface area (TPSA) is 34.9 Å². The molecule has 0 unspecified atom stereocenters. The van der Waals surface area contributed by atoms with Crippen LogP contribution in [0.5, 0.6) is 0 Å². The van der Waals surface area contributed by atoms with Crippen molar-refractivity contribution < 1.29 is 4.79 Å². The lowest BCUT2D eigenvalue weighted by Gasteiger charge is -2.08. The van der Waals surface area contributed by atoms with Gasteiger partial charge in [-0.3, -0.25) is 4.79 Å². The molecular weight excluding hydrogens is 260 g/mol. The largest absolute Gasteiger partial charge is 0.320 e. The van der Waals surface area contributed by atoms with Gasteiger partial charge in [-0.2, -0.15) is 0 Å². The van der Waals surface area contributed by atoms with Crippen molar-refractivity contribution in [1.29, 1.82) is 0 Å². The molecule has 3 heteroatoms. The molecule has 1 aliphatic carbocycles. The van der Waals surface area contributed by atoms with Gasteiger partial charge in [0.15, 0.2) is 5.78 Å². The maximum absolute atomic E-state index is 12.5. The fraction of sp³-hybridized carbons (Fsp3) is 0.222. The van der Waals surface area contributed by atoms with E-state index in [9.17, 15) is 4.79 Å². The molecule has 1 aliphatic rings. The number of hydrogen-bond donors (Lipinski definition) is 0. The van der Waals surface area contributed by atoms with Crippen LogP contribution in [0.15, 0.2) is 54.6 Å². The first-order chi connectivity index (χ1) is 10.3. The minimum atomic E-state index is 0.139. The number of carbonyl (C=O) groups excluding carboxylic acids is 1. The molecule has 0 spiro atoms. The van der Waals surface area contributed by atoms with Gasteiger partial charge < -0.3 is 4.57 Å². The predicted molar refractivity (Wildman–Crippen MR) is 82.5 cm³/mol. The van der Waals surface area contributed by atoms with Crippen molar-refractivity contribution in [2.24, 2.45) is 0 Å². The summed E-state index contributed by atoms with van der Waals surface area (Å²) in [6, 6.07) is 17.5. The molecule has 0 amide bonds. The first-order valence-electron chi connectivity index (χ1n) is 7.36. The highest BCUT2D eigenvalue weighted by Gasteiger charge is 2.30. The Hall–Kier alpha value is -2.42. The molecule has 21 heavy (non-hydrogen) atoms. The van der Waals surface area contributed by atoms with Gasteiger partial charge in [-0.05, 0) is 25.0 Å². The van der Waals surface area contributed by atoms with Crippen LogP contribution in [-0.4, -0.2) is 15.3 Å². The molecule has 0 aliphatic heterocycles. The summed E-state index contributed by atoms with van der Waals surface area (Å²) in [6.07, 6.45) is 2.37. The number of benzene rings is 2. The summed E-state index contributed by atoms with van der Waals surface area (Å²) in [5.74, 6) is 1.74. The number of rotatable bonds is 4. The normalized spacial score (nSPS) is 14.5. The Morgan fingerprint density at radius 1 is 1.05 bits per heavy atom. The Labute approximate surface area is 123 Å². The minimum absolute atomic E-state index is 0.139. The number of aromatic nitrogens is 2. The van der Waals surface area contributed by atoms with Gasteiger partial charge >= 0.3 is 0 Å². The Morgan fingerprint density at radius 2 is 1.76 bits per heavy atom. The summed E-state index contributed by atoms with van der Waals surface area (Å²) in [6.45, 7) is 0.371. The Balaban J connectivity index is 1.75. The molecule has 3 nitrogen and oxygen atoms in total. The fourth-order valence-corrected chi connectivity index (χ4v) is 2.77.